The lowest BCUT2D eigenvalue weighted by Gasteiger charge is -2.15. The van der Waals surface area contributed by atoms with Gasteiger partial charge in [-0.3, -0.25) is 4.98 Å². The number of nitrogens with zero attached hydrogens (tertiary/aromatic N) is 1. The van der Waals surface area contributed by atoms with Crippen LogP contribution in [0.1, 0.15) is 46.2 Å². The topological polar surface area (TPSA) is 33.1 Å². The fraction of sp³-hybridized carbons (Fsp3) is 0.353. The van der Waals surface area contributed by atoms with E-state index in [1.807, 2.05) is 31.2 Å². The molecule has 0 fully saturated rings. The molecule has 2 aromatic rings. The number of hydrogen-bond donors (Lipinski definition) is 1. The highest BCUT2D eigenvalue weighted by Crippen LogP contribution is 2.28. The summed E-state index contributed by atoms with van der Waals surface area (Å²) in [6, 6.07) is 10.2. The number of rotatable bonds is 2. The molecule has 0 unspecified atom stereocenters. The van der Waals surface area contributed by atoms with Crippen molar-refractivity contribution in [1.29, 1.82) is 0 Å². The average molecular weight is 253 g/mol. The van der Waals surface area contributed by atoms with Crippen molar-refractivity contribution in [3.8, 4) is 0 Å². The van der Waals surface area contributed by atoms with E-state index in [4.69, 9.17) is 4.98 Å². The highest BCUT2D eigenvalue weighted by Gasteiger charge is 2.19. The van der Waals surface area contributed by atoms with Gasteiger partial charge in [0.1, 0.15) is 6.10 Å². The fourth-order valence-corrected chi connectivity index (χ4v) is 2.79. The standard InChI is InChI=1S/C17H19NO/c1-11-6-8-13(9-7-11)17(19)16-12(2)10-14-4-3-5-15(14)18-16/h6-10,17,19H,3-5H2,1-2H3/t17-/m0/s1. The highest BCUT2D eigenvalue weighted by molar-refractivity contribution is 5.37. The average Bonchev–Trinajstić information content (AvgIpc) is 2.85. The molecule has 0 aliphatic heterocycles. The Hall–Kier alpha value is -1.67. The Morgan fingerprint density at radius 1 is 1.11 bits per heavy atom. The minimum Gasteiger partial charge on any atom is -0.382 e. The first-order chi connectivity index (χ1) is 9.15. The summed E-state index contributed by atoms with van der Waals surface area (Å²) in [7, 11) is 0. The van der Waals surface area contributed by atoms with E-state index in [0.717, 1.165) is 29.7 Å². The molecule has 3 rings (SSSR count). The summed E-state index contributed by atoms with van der Waals surface area (Å²) in [6.45, 7) is 4.09. The van der Waals surface area contributed by atoms with Crippen molar-refractivity contribution in [2.75, 3.05) is 0 Å². The van der Waals surface area contributed by atoms with Crippen LogP contribution in [-0.2, 0) is 12.8 Å². The number of aryl methyl sites for hydroxylation is 4. The Balaban J connectivity index is 1.99. The summed E-state index contributed by atoms with van der Waals surface area (Å²) < 4.78 is 0. The molecule has 98 valence electrons. The van der Waals surface area contributed by atoms with Crippen LogP contribution >= 0.6 is 0 Å². The molecule has 1 N–H and O–H groups in total. The second-order valence-corrected chi connectivity index (χ2v) is 5.46. The molecule has 1 aliphatic carbocycles. The predicted octanol–water partition coefficient (Wildman–Crippen LogP) is 3.27. The van der Waals surface area contributed by atoms with Crippen LogP contribution in [0.4, 0.5) is 0 Å². The molecular formula is C17H19NO. The van der Waals surface area contributed by atoms with Crippen LogP contribution in [0.3, 0.4) is 0 Å². The smallest absolute Gasteiger partial charge is 0.121 e. The van der Waals surface area contributed by atoms with E-state index in [1.165, 1.54) is 23.2 Å². The third-order valence-corrected chi connectivity index (χ3v) is 3.93. The van der Waals surface area contributed by atoms with Gasteiger partial charge in [0.15, 0.2) is 0 Å². The molecule has 2 heteroatoms. The maximum atomic E-state index is 10.5. The molecule has 0 bridgehead atoms. The lowest BCUT2D eigenvalue weighted by molar-refractivity contribution is 0.214. The molecule has 0 saturated heterocycles. The number of benzene rings is 1. The highest BCUT2D eigenvalue weighted by atomic mass is 16.3. The molecule has 0 amide bonds. The zero-order valence-electron chi connectivity index (χ0n) is 11.5. The number of fused-ring (bicyclic) bond motifs is 1. The largest absolute Gasteiger partial charge is 0.382 e. The molecule has 1 aromatic carbocycles. The van der Waals surface area contributed by atoms with Crippen LogP contribution in [0.15, 0.2) is 30.3 Å². The van der Waals surface area contributed by atoms with Crippen molar-refractivity contribution in [3.05, 3.63) is 64.0 Å². The third kappa shape index (κ3) is 2.28. The summed E-state index contributed by atoms with van der Waals surface area (Å²) in [5.41, 5.74) is 6.55. The predicted molar refractivity (Wildman–Crippen MR) is 76.2 cm³/mol. The van der Waals surface area contributed by atoms with Gasteiger partial charge < -0.3 is 5.11 Å². The van der Waals surface area contributed by atoms with Crippen LogP contribution in [0.2, 0.25) is 0 Å². The van der Waals surface area contributed by atoms with Crippen LogP contribution in [-0.4, -0.2) is 10.1 Å². The van der Waals surface area contributed by atoms with Crippen molar-refractivity contribution in [2.45, 2.75) is 39.2 Å². The van der Waals surface area contributed by atoms with E-state index in [2.05, 4.69) is 13.0 Å². The summed E-state index contributed by atoms with van der Waals surface area (Å²) in [4.78, 5) is 4.70. The number of hydrogen-bond acceptors (Lipinski definition) is 2. The zero-order chi connectivity index (χ0) is 13.4. The maximum Gasteiger partial charge on any atom is 0.121 e. The van der Waals surface area contributed by atoms with Crippen molar-refractivity contribution >= 4 is 0 Å². The van der Waals surface area contributed by atoms with E-state index in [0.29, 0.717) is 0 Å². The van der Waals surface area contributed by atoms with E-state index >= 15 is 0 Å². The zero-order valence-corrected chi connectivity index (χ0v) is 11.5. The van der Waals surface area contributed by atoms with Gasteiger partial charge in [-0.25, -0.2) is 0 Å². The molecule has 1 aliphatic rings. The molecule has 0 radical (unpaired) electrons. The normalized spacial score (nSPS) is 15.3. The quantitative estimate of drug-likeness (QED) is 0.891. The molecule has 1 heterocycles. The molecule has 1 atom stereocenters. The molecule has 1 aromatic heterocycles. The Labute approximate surface area is 114 Å². The number of pyridine rings is 1. The van der Waals surface area contributed by atoms with Crippen molar-refractivity contribution in [3.63, 3.8) is 0 Å². The molecule has 0 spiro atoms. The van der Waals surface area contributed by atoms with Crippen molar-refractivity contribution in [1.82, 2.24) is 4.98 Å². The van der Waals surface area contributed by atoms with Crippen LogP contribution in [0.25, 0.3) is 0 Å². The van der Waals surface area contributed by atoms with Gasteiger partial charge >= 0.3 is 0 Å². The van der Waals surface area contributed by atoms with Gasteiger partial charge in [0, 0.05) is 5.69 Å². The SMILES string of the molecule is Cc1ccc([C@H](O)c2nc3c(cc2C)CCC3)cc1. The molecular weight excluding hydrogens is 234 g/mol. The second kappa shape index (κ2) is 4.78. The first-order valence-electron chi connectivity index (χ1n) is 6.89. The Kier molecular flexibility index (Phi) is 3.11. The first-order valence-corrected chi connectivity index (χ1v) is 6.89. The Bertz CT molecular complexity index is 601. The van der Waals surface area contributed by atoms with Gasteiger partial charge in [-0.2, -0.15) is 0 Å². The van der Waals surface area contributed by atoms with Gasteiger partial charge in [0.05, 0.1) is 5.69 Å². The second-order valence-electron chi connectivity index (χ2n) is 5.46. The number of aliphatic hydroxyl groups excluding tert-OH is 1. The monoisotopic (exact) mass is 253 g/mol. The van der Waals surface area contributed by atoms with E-state index in [-0.39, 0.29) is 0 Å². The lowest BCUT2D eigenvalue weighted by atomic mass is 10.00. The van der Waals surface area contributed by atoms with Gasteiger partial charge in [0.2, 0.25) is 0 Å². The summed E-state index contributed by atoms with van der Waals surface area (Å²) in [5, 5.41) is 10.5. The van der Waals surface area contributed by atoms with Crippen LogP contribution in [0, 0.1) is 13.8 Å². The Morgan fingerprint density at radius 2 is 1.84 bits per heavy atom. The number of aliphatic hydroxyl groups is 1. The van der Waals surface area contributed by atoms with Gasteiger partial charge in [-0.05, 0) is 49.8 Å². The van der Waals surface area contributed by atoms with Crippen molar-refractivity contribution < 1.29 is 5.11 Å². The maximum absolute atomic E-state index is 10.5. The van der Waals surface area contributed by atoms with Gasteiger partial charge in [-0.15, -0.1) is 0 Å². The first kappa shape index (κ1) is 12.4. The summed E-state index contributed by atoms with van der Waals surface area (Å²) in [6.07, 6.45) is 2.74. The number of aromatic nitrogens is 1. The fourth-order valence-electron chi connectivity index (χ4n) is 2.79. The third-order valence-electron chi connectivity index (χ3n) is 3.93. The summed E-state index contributed by atoms with van der Waals surface area (Å²) >= 11 is 0. The van der Waals surface area contributed by atoms with Gasteiger partial charge in [-0.1, -0.05) is 35.9 Å². The van der Waals surface area contributed by atoms with Crippen molar-refractivity contribution in [2.24, 2.45) is 0 Å². The lowest BCUT2D eigenvalue weighted by Crippen LogP contribution is -2.07. The van der Waals surface area contributed by atoms with Crippen LogP contribution < -0.4 is 0 Å². The molecule has 0 saturated carbocycles. The summed E-state index contributed by atoms with van der Waals surface area (Å²) in [5.74, 6) is 0. The van der Waals surface area contributed by atoms with E-state index < -0.39 is 6.10 Å². The van der Waals surface area contributed by atoms with E-state index in [1.54, 1.807) is 0 Å². The van der Waals surface area contributed by atoms with E-state index in [9.17, 15) is 5.11 Å². The van der Waals surface area contributed by atoms with Crippen LogP contribution in [0.5, 0.6) is 0 Å². The Morgan fingerprint density at radius 3 is 2.58 bits per heavy atom. The molecule has 2 nitrogen and oxygen atoms in total. The minimum atomic E-state index is -0.619. The van der Waals surface area contributed by atoms with Gasteiger partial charge in [0.25, 0.3) is 0 Å². The molecule has 19 heavy (non-hydrogen) atoms. The minimum absolute atomic E-state index is 0.619.